The highest BCUT2D eigenvalue weighted by atomic mass is 32.1. The molecule has 3 aromatic rings. The normalized spacial score (nSPS) is 11.1. The summed E-state index contributed by atoms with van der Waals surface area (Å²) >= 11 is 5.20. The number of nitrogens with one attached hydrogen (secondary N) is 1. The first-order valence-electron chi connectivity index (χ1n) is 6.72. The van der Waals surface area contributed by atoms with Crippen molar-refractivity contribution in [2.75, 3.05) is 0 Å². The van der Waals surface area contributed by atoms with Crippen LogP contribution in [0.5, 0.6) is 0 Å². The molecule has 2 aromatic carbocycles. The van der Waals surface area contributed by atoms with E-state index in [1.807, 2.05) is 30.3 Å². The van der Waals surface area contributed by atoms with Crippen molar-refractivity contribution in [3.63, 3.8) is 0 Å². The average molecular weight is 312 g/mol. The number of rotatable bonds is 4. The van der Waals surface area contributed by atoms with Gasteiger partial charge in [0.05, 0.1) is 6.21 Å². The first-order chi connectivity index (χ1) is 10.7. The lowest BCUT2D eigenvalue weighted by molar-refractivity contribution is 0.628. The van der Waals surface area contributed by atoms with Gasteiger partial charge in [-0.25, -0.2) is 4.39 Å². The first-order valence-corrected chi connectivity index (χ1v) is 7.13. The van der Waals surface area contributed by atoms with E-state index in [-0.39, 0.29) is 5.82 Å². The topological polar surface area (TPSA) is 46.0 Å². The van der Waals surface area contributed by atoms with Crippen LogP contribution in [0.3, 0.4) is 0 Å². The van der Waals surface area contributed by atoms with E-state index in [1.165, 1.54) is 12.1 Å². The molecule has 110 valence electrons. The fourth-order valence-corrected chi connectivity index (χ4v) is 2.21. The molecule has 0 aliphatic heterocycles. The predicted octanol–water partition coefficient (Wildman–Crippen LogP) is 3.55. The Balaban J connectivity index is 1.86. The number of nitrogens with zero attached hydrogens (tertiary/aromatic N) is 3. The molecule has 0 bridgehead atoms. The standard InChI is InChI=1S/C16H13FN4S/c17-14-8-6-13(7-9-14)11-18-21-15(19-20-16(21)22)10-12-4-2-1-3-5-12/h1-9,11H,10H2,(H,20,22)/b18-11+. The van der Waals surface area contributed by atoms with Gasteiger partial charge in [-0.3, -0.25) is 5.10 Å². The summed E-state index contributed by atoms with van der Waals surface area (Å²) in [5.41, 5.74) is 1.91. The number of aromatic nitrogens is 3. The van der Waals surface area contributed by atoms with Gasteiger partial charge in [-0.05, 0) is 35.5 Å². The van der Waals surface area contributed by atoms with Gasteiger partial charge in [0, 0.05) is 6.42 Å². The second kappa shape index (κ2) is 6.44. The molecule has 4 nitrogen and oxygen atoms in total. The molecule has 0 saturated heterocycles. The Labute approximate surface area is 131 Å². The van der Waals surface area contributed by atoms with E-state index < -0.39 is 0 Å². The Kier molecular flexibility index (Phi) is 4.20. The first kappa shape index (κ1) is 14.3. The van der Waals surface area contributed by atoms with Gasteiger partial charge in [0.1, 0.15) is 5.82 Å². The van der Waals surface area contributed by atoms with Crippen LogP contribution in [-0.2, 0) is 6.42 Å². The van der Waals surface area contributed by atoms with Crippen molar-refractivity contribution in [2.45, 2.75) is 6.42 Å². The second-order valence-electron chi connectivity index (χ2n) is 4.72. The second-order valence-corrected chi connectivity index (χ2v) is 5.10. The molecule has 0 radical (unpaired) electrons. The van der Waals surface area contributed by atoms with Crippen LogP contribution in [0.1, 0.15) is 17.0 Å². The van der Waals surface area contributed by atoms with Crippen molar-refractivity contribution in [1.29, 1.82) is 0 Å². The Morgan fingerprint density at radius 1 is 1.14 bits per heavy atom. The summed E-state index contributed by atoms with van der Waals surface area (Å²) in [4.78, 5) is 0. The Hall–Kier alpha value is -2.60. The van der Waals surface area contributed by atoms with Crippen molar-refractivity contribution in [2.24, 2.45) is 5.10 Å². The van der Waals surface area contributed by atoms with Crippen LogP contribution in [0.2, 0.25) is 0 Å². The summed E-state index contributed by atoms with van der Waals surface area (Å²) in [6.07, 6.45) is 2.24. The summed E-state index contributed by atoms with van der Waals surface area (Å²) in [6, 6.07) is 16.0. The SMILES string of the molecule is Fc1ccc(/C=N/n2c(Cc3ccccc3)n[nH]c2=S)cc1. The summed E-state index contributed by atoms with van der Waals surface area (Å²) in [6.45, 7) is 0. The van der Waals surface area contributed by atoms with Crippen molar-refractivity contribution in [1.82, 2.24) is 14.9 Å². The molecule has 0 fully saturated rings. The number of halogens is 1. The van der Waals surface area contributed by atoms with E-state index in [4.69, 9.17) is 12.2 Å². The lowest BCUT2D eigenvalue weighted by atomic mass is 10.1. The molecule has 3 rings (SSSR count). The van der Waals surface area contributed by atoms with E-state index in [2.05, 4.69) is 15.3 Å². The summed E-state index contributed by atoms with van der Waals surface area (Å²) in [7, 11) is 0. The van der Waals surface area contributed by atoms with Gasteiger partial charge >= 0.3 is 0 Å². The highest BCUT2D eigenvalue weighted by molar-refractivity contribution is 7.71. The summed E-state index contributed by atoms with van der Waals surface area (Å²) < 4.78 is 14.9. The largest absolute Gasteiger partial charge is 0.250 e. The van der Waals surface area contributed by atoms with E-state index in [9.17, 15) is 4.39 Å². The van der Waals surface area contributed by atoms with Crippen molar-refractivity contribution in [3.05, 3.63) is 82.1 Å². The van der Waals surface area contributed by atoms with E-state index in [0.29, 0.717) is 11.2 Å². The molecule has 0 saturated carbocycles. The van der Waals surface area contributed by atoms with Crippen molar-refractivity contribution >= 4 is 18.4 Å². The lowest BCUT2D eigenvalue weighted by Gasteiger charge is -2.01. The molecule has 1 N–H and O–H groups in total. The third-order valence-corrected chi connectivity index (χ3v) is 3.38. The van der Waals surface area contributed by atoms with Crippen LogP contribution in [0.25, 0.3) is 0 Å². The third-order valence-electron chi connectivity index (χ3n) is 3.11. The summed E-state index contributed by atoms with van der Waals surface area (Å²) in [5.74, 6) is 0.441. The molecule has 22 heavy (non-hydrogen) atoms. The van der Waals surface area contributed by atoms with Gasteiger partial charge < -0.3 is 0 Å². The Morgan fingerprint density at radius 2 is 1.86 bits per heavy atom. The highest BCUT2D eigenvalue weighted by Gasteiger charge is 2.05. The minimum atomic E-state index is -0.276. The number of hydrogen-bond donors (Lipinski definition) is 1. The van der Waals surface area contributed by atoms with E-state index in [0.717, 1.165) is 17.0 Å². The number of H-pyrrole nitrogens is 1. The third kappa shape index (κ3) is 3.35. The maximum atomic E-state index is 12.9. The maximum Gasteiger partial charge on any atom is 0.216 e. The quantitative estimate of drug-likeness (QED) is 0.591. The van der Waals surface area contributed by atoms with E-state index in [1.54, 1.807) is 23.0 Å². The monoisotopic (exact) mass is 312 g/mol. The molecule has 6 heteroatoms. The molecular weight excluding hydrogens is 299 g/mol. The predicted molar refractivity (Wildman–Crippen MR) is 86.1 cm³/mol. The van der Waals surface area contributed by atoms with Crippen LogP contribution in [0.15, 0.2) is 59.7 Å². The van der Waals surface area contributed by atoms with Crippen LogP contribution in [-0.4, -0.2) is 21.1 Å². The van der Waals surface area contributed by atoms with Crippen LogP contribution in [0.4, 0.5) is 4.39 Å². The van der Waals surface area contributed by atoms with Crippen LogP contribution < -0.4 is 0 Å². The molecule has 0 unspecified atom stereocenters. The van der Waals surface area contributed by atoms with Crippen molar-refractivity contribution < 1.29 is 4.39 Å². The number of benzene rings is 2. The zero-order chi connectivity index (χ0) is 15.4. The highest BCUT2D eigenvalue weighted by Crippen LogP contribution is 2.08. The zero-order valence-corrected chi connectivity index (χ0v) is 12.4. The lowest BCUT2D eigenvalue weighted by Crippen LogP contribution is -2.00. The van der Waals surface area contributed by atoms with Gasteiger partial charge in [-0.1, -0.05) is 42.5 Å². The Bertz CT molecular complexity index is 835. The minimum Gasteiger partial charge on any atom is -0.250 e. The number of hydrogen-bond acceptors (Lipinski definition) is 3. The van der Waals surface area contributed by atoms with Gasteiger partial charge in [0.15, 0.2) is 5.82 Å². The van der Waals surface area contributed by atoms with Gasteiger partial charge in [0.2, 0.25) is 4.77 Å². The molecule has 0 aliphatic carbocycles. The molecule has 0 amide bonds. The molecule has 0 spiro atoms. The molecule has 0 atom stereocenters. The van der Waals surface area contributed by atoms with Crippen LogP contribution in [0, 0.1) is 10.6 Å². The molecule has 1 aromatic heterocycles. The van der Waals surface area contributed by atoms with E-state index >= 15 is 0 Å². The zero-order valence-electron chi connectivity index (χ0n) is 11.6. The molecular formula is C16H13FN4S. The minimum absolute atomic E-state index is 0.276. The smallest absolute Gasteiger partial charge is 0.216 e. The summed E-state index contributed by atoms with van der Waals surface area (Å²) in [5, 5.41) is 11.3. The number of aromatic amines is 1. The van der Waals surface area contributed by atoms with Gasteiger partial charge in [-0.15, -0.1) is 0 Å². The van der Waals surface area contributed by atoms with Crippen LogP contribution >= 0.6 is 12.2 Å². The maximum absolute atomic E-state index is 12.9. The van der Waals surface area contributed by atoms with Gasteiger partial charge in [-0.2, -0.15) is 14.9 Å². The molecule has 0 aliphatic rings. The Morgan fingerprint density at radius 3 is 2.59 bits per heavy atom. The fraction of sp³-hybridized carbons (Fsp3) is 0.0625. The molecule has 1 heterocycles. The average Bonchev–Trinajstić information content (AvgIpc) is 2.88. The van der Waals surface area contributed by atoms with Crippen molar-refractivity contribution in [3.8, 4) is 0 Å². The van der Waals surface area contributed by atoms with Gasteiger partial charge in [0.25, 0.3) is 0 Å². The fourth-order valence-electron chi connectivity index (χ4n) is 2.01.